The zero-order chi connectivity index (χ0) is 23.3. The van der Waals surface area contributed by atoms with Crippen molar-refractivity contribution in [1.82, 2.24) is 0 Å². The van der Waals surface area contributed by atoms with Gasteiger partial charge in [0.25, 0.3) is 0 Å². The maximum atomic E-state index is 14.3. The van der Waals surface area contributed by atoms with Gasteiger partial charge in [0.1, 0.15) is 0 Å². The van der Waals surface area contributed by atoms with Gasteiger partial charge in [0.2, 0.25) is 0 Å². The maximum Gasteiger partial charge on any atom is 1.00 e. The fraction of sp³-hybridized carbons (Fsp3) is 0.0909. The molecule has 0 amide bonds. The molecule has 0 heterocycles. The van der Waals surface area contributed by atoms with Gasteiger partial charge in [-0.1, -0.05) is 139 Å². The molecule has 0 spiro atoms. The Hall–Kier alpha value is -3.50. The van der Waals surface area contributed by atoms with Crippen molar-refractivity contribution in [2.75, 3.05) is 0 Å². The van der Waals surface area contributed by atoms with Crippen LogP contribution in [0.2, 0.25) is 0 Å². The first-order chi connectivity index (χ1) is 16.7. The molecular formula is C33H27LiO. The number of hydrogen-bond acceptors (Lipinski definition) is 1. The summed E-state index contributed by atoms with van der Waals surface area (Å²) >= 11 is 0. The minimum absolute atomic E-state index is 0. The molecule has 0 aromatic heterocycles. The summed E-state index contributed by atoms with van der Waals surface area (Å²) in [6, 6.07) is 45.5. The monoisotopic (exact) mass is 446 g/mol. The molecule has 0 unspecified atom stereocenters. The van der Waals surface area contributed by atoms with E-state index in [0.29, 0.717) is 0 Å². The second kappa shape index (κ2) is 11.3. The molecule has 0 saturated heterocycles. The number of benzene rings is 5. The number of hydrogen-bond donors (Lipinski definition) is 0. The van der Waals surface area contributed by atoms with Gasteiger partial charge in [0.15, 0.2) is 0 Å². The van der Waals surface area contributed by atoms with Gasteiger partial charge in [-0.25, -0.2) is 0 Å². The third kappa shape index (κ3) is 5.28. The van der Waals surface area contributed by atoms with E-state index in [1.54, 1.807) is 0 Å². The van der Waals surface area contributed by atoms with E-state index in [0.717, 1.165) is 38.9 Å². The Labute approximate surface area is 220 Å². The molecule has 0 saturated carbocycles. The van der Waals surface area contributed by atoms with Crippen LogP contribution >= 0.6 is 0 Å². The van der Waals surface area contributed by atoms with Gasteiger partial charge in [0, 0.05) is 11.8 Å². The van der Waals surface area contributed by atoms with Crippen molar-refractivity contribution >= 4 is 0 Å². The summed E-state index contributed by atoms with van der Waals surface area (Å²) < 4.78 is 0. The van der Waals surface area contributed by atoms with E-state index in [1.807, 2.05) is 72.8 Å². The summed E-state index contributed by atoms with van der Waals surface area (Å²) in [5, 5.41) is 14.3. The van der Waals surface area contributed by atoms with E-state index in [-0.39, 0.29) is 36.4 Å². The zero-order valence-corrected chi connectivity index (χ0v) is 20.3. The first-order valence-electron chi connectivity index (χ1n) is 11.7. The van der Waals surface area contributed by atoms with Crippen LogP contribution < -0.4 is 24.0 Å². The van der Waals surface area contributed by atoms with Crippen LogP contribution in [0.4, 0.5) is 0 Å². The van der Waals surface area contributed by atoms with E-state index in [2.05, 4.69) is 67.6 Å². The van der Waals surface area contributed by atoms with Crippen LogP contribution in [-0.4, -0.2) is 0 Å². The minimum Gasteiger partial charge on any atom is -0.872 e. The molecule has 0 radical (unpaired) electrons. The third-order valence-corrected chi connectivity index (χ3v) is 6.44. The minimum atomic E-state index is -0.124. The van der Waals surface area contributed by atoms with Crippen LogP contribution in [0, 0.1) is 6.92 Å². The van der Waals surface area contributed by atoms with Gasteiger partial charge in [-0.05, 0) is 40.3 Å². The first kappa shape index (κ1) is 24.6. The Morgan fingerprint density at radius 3 is 0.971 bits per heavy atom. The second-order valence-electron chi connectivity index (χ2n) is 8.78. The second-order valence-corrected chi connectivity index (χ2v) is 8.78. The Bertz CT molecular complexity index is 1170. The van der Waals surface area contributed by atoms with Gasteiger partial charge in [-0.3, -0.25) is 0 Å². The van der Waals surface area contributed by atoms with E-state index in [1.165, 1.54) is 0 Å². The van der Waals surface area contributed by atoms with Crippen molar-refractivity contribution in [2.45, 2.75) is 18.8 Å². The van der Waals surface area contributed by atoms with E-state index >= 15 is 0 Å². The van der Waals surface area contributed by atoms with Crippen molar-refractivity contribution in [3.63, 3.8) is 0 Å². The van der Waals surface area contributed by atoms with Crippen LogP contribution in [0.15, 0.2) is 133 Å². The van der Waals surface area contributed by atoms with Gasteiger partial charge in [0.05, 0.1) is 0 Å². The zero-order valence-electron chi connectivity index (χ0n) is 20.3. The molecule has 5 aromatic carbocycles. The maximum absolute atomic E-state index is 14.3. The van der Waals surface area contributed by atoms with Gasteiger partial charge < -0.3 is 5.11 Å². The average Bonchev–Trinajstić information content (AvgIpc) is 2.89. The summed E-state index contributed by atoms with van der Waals surface area (Å²) in [4.78, 5) is 0. The molecular weight excluding hydrogens is 419 g/mol. The summed E-state index contributed by atoms with van der Waals surface area (Å²) in [7, 11) is 0. The van der Waals surface area contributed by atoms with Gasteiger partial charge >= 0.3 is 18.9 Å². The fourth-order valence-electron chi connectivity index (χ4n) is 4.94. The molecule has 0 fully saturated rings. The van der Waals surface area contributed by atoms with Crippen LogP contribution in [0.3, 0.4) is 0 Å². The third-order valence-electron chi connectivity index (χ3n) is 6.44. The Morgan fingerprint density at radius 2 is 0.714 bits per heavy atom. The van der Waals surface area contributed by atoms with Crippen molar-refractivity contribution < 1.29 is 24.0 Å². The molecule has 1 nitrogen and oxygen atoms in total. The molecule has 0 atom stereocenters. The molecule has 5 rings (SSSR count). The number of rotatable bonds is 6. The van der Waals surface area contributed by atoms with Crippen molar-refractivity contribution in [2.24, 2.45) is 0 Å². The van der Waals surface area contributed by atoms with Crippen LogP contribution in [0.25, 0.3) is 0 Å². The molecule has 0 N–H and O–H groups in total. The predicted octanol–water partition coefficient (Wildman–Crippen LogP) is 4.43. The summed E-state index contributed by atoms with van der Waals surface area (Å²) in [6.07, 6.45) is 0. The van der Waals surface area contributed by atoms with Gasteiger partial charge in [-0.15, -0.1) is 5.75 Å². The summed E-state index contributed by atoms with van der Waals surface area (Å²) in [6.45, 7) is 2.09. The normalized spacial score (nSPS) is 10.8. The first-order valence-corrected chi connectivity index (χ1v) is 11.7. The van der Waals surface area contributed by atoms with Crippen LogP contribution in [0.5, 0.6) is 5.75 Å². The summed E-state index contributed by atoms with van der Waals surface area (Å²) in [5.41, 5.74) is 7.24. The molecule has 35 heavy (non-hydrogen) atoms. The molecule has 0 aliphatic rings. The number of aryl methyl sites for hydroxylation is 1. The quantitative estimate of drug-likeness (QED) is 0.280. The van der Waals surface area contributed by atoms with Crippen molar-refractivity contribution in [3.8, 4) is 5.75 Å². The van der Waals surface area contributed by atoms with E-state index in [9.17, 15) is 5.11 Å². The van der Waals surface area contributed by atoms with Gasteiger partial charge in [-0.2, -0.15) is 0 Å². The molecule has 5 aromatic rings. The SMILES string of the molecule is Cc1cc(C(c2ccccc2)c2ccccc2)c([O-])c(C(c2ccccc2)c2ccccc2)c1.[Li+]. The molecule has 0 bridgehead atoms. The Kier molecular flexibility index (Phi) is 7.94. The Morgan fingerprint density at radius 1 is 0.457 bits per heavy atom. The molecule has 0 aliphatic heterocycles. The van der Waals surface area contributed by atoms with Crippen molar-refractivity contribution in [3.05, 3.63) is 172 Å². The predicted molar refractivity (Wildman–Crippen MR) is 138 cm³/mol. The van der Waals surface area contributed by atoms with Crippen LogP contribution in [0.1, 0.15) is 50.8 Å². The Balaban J connectivity index is 0.00000289. The average molecular weight is 447 g/mol. The van der Waals surface area contributed by atoms with Crippen LogP contribution in [-0.2, 0) is 0 Å². The molecule has 0 aliphatic carbocycles. The molecule has 166 valence electrons. The standard InChI is InChI=1S/C33H28O.Li/c1-24-22-29(31(25-14-6-2-7-15-25)26-16-8-3-9-17-26)33(34)30(23-24)32(27-18-10-4-11-19-27)28-20-12-5-13-21-28;/h2-23,31-32,34H,1H3;/q;+1/p-1. The molecule has 2 heteroatoms. The summed E-state index contributed by atoms with van der Waals surface area (Å²) in [5.74, 6) is -0.137. The topological polar surface area (TPSA) is 23.1 Å². The van der Waals surface area contributed by atoms with E-state index < -0.39 is 0 Å². The van der Waals surface area contributed by atoms with Crippen molar-refractivity contribution in [1.29, 1.82) is 0 Å². The largest absolute Gasteiger partial charge is 1.00 e. The fourth-order valence-corrected chi connectivity index (χ4v) is 4.94. The van der Waals surface area contributed by atoms with E-state index in [4.69, 9.17) is 0 Å². The smallest absolute Gasteiger partial charge is 0.872 e.